The number of hydrogen-bond donors (Lipinski definition) is 0. The lowest BCUT2D eigenvalue weighted by Gasteiger charge is -2.18. The summed E-state index contributed by atoms with van der Waals surface area (Å²) in [5.41, 5.74) is -0.273. The summed E-state index contributed by atoms with van der Waals surface area (Å²) in [5, 5.41) is 0. The van der Waals surface area contributed by atoms with Crippen molar-refractivity contribution in [1.29, 1.82) is 0 Å². The zero-order valence-corrected chi connectivity index (χ0v) is 16.7. The van der Waals surface area contributed by atoms with Crippen LogP contribution >= 0.6 is 0 Å². The normalized spacial score (nSPS) is 12.6. The van der Waals surface area contributed by atoms with Gasteiger partial charge < -0.3 is 4.57 Å². The van der Waals surface area contributed by atoms with Crippen LogP contribution in [0.1, 0.15) is 38.4 Å². The fraction of sp³-hybridized carbons (Fsp3) is 0.227. The molecule has 0 N–H and O–H groups in total. The maximum absolute atomic E-state index is 14.6. The van der Waals surface area contributed by atoms with Gasteiger partial charge in [-0.3, -0.25) is 9.36 Å². The van der Waals surface area contributed by atoms with Crippen LogP contribution in [-0.4, -0.2) is 18.7 Å². The maximum Gasteiger partial charge on any atom is 0.337 e. The number of fused-ring (bicyclic) bond motifs is 1. The zero-order chi connectivity index (χ0) is 21.6. The number of aromatic nitrogens is 4. The van der Waals surface area contributed by atoms with E-state index < -0.39 is 28.9 Å². The molecule has 0 aliphatic rings. The molecule has 0 fully saturated rings. The minimum atomic E-state index is -0.919. The van der Waals surface area contributed by atoms with E-state index in [-0.39, 0.29) is 22.9 Å². The van der Waals surface area contributed by atoms with E-state index in [9.17, 15) is 18.4 Å². The number of imidazole rings is 1. The van der Waals surface area contributed by atoms with Crippen molar-refractivity contribution in [2.24, 2.45) is 0 Å². The predicted molar refractivity (Wildman–Crippen MR) is 110 cm³/mol. The van der Waals surface area contributed by atoms with Crippen LogP contribution in [0.5, 0.6) is 0 Å². The van der Waals surface area contributed by atoms with Crippen LogP contribution in [0, 0.1) is 11.6 Å². The van der Waals surface area contributed by atoms with Crippen LogP contribution in [0.2, 0.25) is 0 Å². The number of nitrogens with zero attached hydrogens (tertiary/aromatic N) is 4. The topological polar surface area (TPSA) is 61.8 Å². The number of benzene rings is 2. The molecule has 4 rings (SSSR count). The first-order chi connectivity index (χ1) is 14.3. The Morgan fingerprint density at radius 1 is 0.967 bits per heavy atom. The Labute approximate surface area is 170 Å². The SMILES string of the molecule is CC(C)n1c(=O)c2c(ncn2C(C)c2ccccc2)n(-c2ccc(F)cc2F)c1=O. The van der Waals surface area contributed by atoms with Crippen molar-refractivity contribution in [1.82, 2.24) is 18.7 Å². The van der Waals surface area contributed by atoms with Gasteiger partial charge in [-0.1, -0.05) is 30.3 Å². The fourth-order valence-electron chi connectivity index (χ4n) is 3.64. The highest BCUT2D eigenvalue weighted by molar-refractivity contribution is 5.73. The van der Waals surface area contributed by atoms with Crippen molar-refractivity contribution in [3.63, 3.8) is 0 Å². The molecule has 2 aromatic heterocycles. The molecule has 0 bridgehead atoms. The van der Waals surface area contributed by atoms with Crippen molar-refractivity contribution in [3.05, 3.63) is 92.9 Å². The van der Waals surface area contributed by atoms with Crippen molar-refractivity contribution in [2.75, 3.05) is 0 Å². The molecule has 0 aliphatic carbocycles. The van der Waals surface area contributed by atoms with Gasteiger partial charge in [-0.05, 0) is 38.5 Å². The summed E-state index contributed by atoms with van der Waals surface area (Å²) in [4.78, 5) is 30.7. The van der Waals surface area contributed by atoms with E-state index in [2.05, 4.69) is 4.98 Å². The van der Waals surface area contributed by atoms with Gasteiger partial charge in [0.05, 0.1) is 18.1 Å². The van der Waals surface area contributed by atoms with E-state index in [1.807, 2.05) is 37.3 Å². The van der Waals surface area contributed by atoms with Crippen molar-refractivity contribution < 1.29 is 8.78 Å². The summed E-state index contributed by atoms with van der Waals surface area (Å²) >= 11 is 0. The number of halogens is 2. The molecule has 0 spiro atoms. The van der Waals surface area contributed by atoms with E-state index in [4.69, 9.17) is 0 Å². The van der Waals surface area contributed by atoms with Gasteiger partial charge in [0.2, 0.25) is 0 Å². The van der Waals surface area contributed by atoms with Gasteiger partial charge >= 0.3 is 5.69 Å². The smallest absolute Gasteiger partial charge is 0.317 e. The molecule has 30 heavy (non-hydrogen) atoms. The van der Waals surface area contributed by atoms with Gasteiger partial charge in [0, 0.05) is 12.1 Å². The Morgan fingerprint density at radius 3 is 2.30 bits per heavy atom. The third-order valence-corrected chi connectivity index (χ3v) is 5.17. The molecule has 8 heteroatoms. The zero-order valence-electron chi connectivity index (χ0n) is 16.7. The van der Waals surface area contributed by atoms with Crippen LogP contribution in [-0.2, 0) is 0 Å². The largest absolute Gasteiger partial charge is 0.337 e. The Bertz CT molecular complexity index is 1350. The summed E-state index contributed by atoms with van der Waals surface area (Å²) in [6, 6.07) is 11.7. The predicted octanol–water partition coefficient (Wildman–Crippen LogP) is 3.82. The van der Waals surface area contributed by atoms with Crippen molar-refractivity contribution in [3.8, 4) is 5.69 Å². The van der Waals surface area contributed by atoms with Crippen LogP contribution < -0.4 is 11.2 Å². The standard InChI is InChI=1S/C22H20F2N4O2/c1-13(2)27-21(29)19-20(25-12-26(19)14(3)15-7-5-4-6-8-15)28(22(27)30)18-10-9-16(23)11-17(18)24/h4-14H,1-3H3. The molecule has 0 saturated heterocycles. The highest BCUT2D eigenvalue weighted by Gasteiger charge is 2.24. The quantitative estimate of drug-likeness (QED) is 0.514. The maximum atomic E-state index is 14.6. The Kier molecular flexibility index (Phi) is 4.85. The van der Waals surface area contributed by atoms with Gasteiger partial charge in [0.25, 0.3) is 5.56 Å². The minimum absolute atomic E-state index is 0.0233. The van der Waals surface area contributed by atoms with Gasteiger partial charge in [0.1, 0.15) is 11.6 Å². The minimum Gasteiger partial charge on any atom is -0.317 e. The molecule has 2 heterocycles. The summed E-state index contributed by atoms with van der Waals surface area (Å²) in [6.07, 6.45) is 1.46. The van der Waals surface area contributed by atoms with E-state index in [0.29, 0.717) is 6.07 Å². The third-order valence-electron chi connectivity index (χ3n) is 5.17. The van der Waals surface area contributed by atoms with Gasteiger partial charge in [-0.15, -0.1) is 0 Å². The molecule has 154 valence electrons. The van der Waals surface area contributed by atoms with Crippen molar-refractivity contribution >= 4 is 11.2 Å². The summed E-state index contributed by atoms with van der Waals surface area (Å²) < 4.78 is 31.8. The summed E-state index contributed by atoms with van der Waals surface area (Å²) in [7, 11) is 0. The molecule has 0 saturated carbocycles. The number of rotatable bonds is 4. The van der Waals surface area contributed by atoms with Crippen molar-refractivity contribution in [2.45, 2.75) is 32.9 Å². The first kappa shape index (κ1) is 19.8. The van der Waals surface area contributed by atoms with Gasteiger partial charge in [0.15, 0.2) is 11.2 Å². The molecule has 4 aromatic rings. The monoisotopic (exact) mass is 410 g/mol. The second-order valence-corrected chi connectivity index (χ2v) is 7.39. The molecule has 1 unspecified atom stereocenters. The summed E-state index contributed by atoms with van der Waals surface area (Å²) in [5.74, 6) is -1.68. The van der Waals surface area contributed by atoms with Gasteiger partial charge in [-0.25, -0.2) is 23.1 Å². The van der Waals surface area contributed by atoms with Crippen LogP contribution in [0.25, 0.3) is 16.9 Å². The summed E-state index contributed by atoms with van der Waals surface area (Å²) in [6.45, 7) is 5.30. The van der Waals surface area contributed by atoms with Crippen LogP contribution in [0.4, 0.5) is 8.78 Å². The van der Waals surface area contributed by atoms with Crippen LogP contribution in [0.3, 0.4) is 0 Å². The molecule has 1 atom stereocenters. The average Bonchev–Trinajstić information content (AvgIpc) is 3.14. The lowest BCUT2D eigenvalue weighted by Crippen LogP contribution is -2.41. The second-order valence-electron chi connectivity index (χ2n) is 7.39. The van der Waals surface area contributed by atoms with Gasteiger partial charge in [-0.2, -0.15) is 0 Å². The molecule has 6 nitrogen and oxygen atoms in total. The van der Waals surface area contributed by atoms with Crippen LogP contribution in [0.15, 0.2) is 64.4 Å². The molecule has 0 amide bonds. The Balaban J connectivity index is 2.10. The average molecular weight is 410 g/mol. The van der Waals surface area contributed by atoms with E-state index in [1.54, 1.807) is 18.4 Å². The highest BCUT2D eigenvalue weighted by atomic mass is 19.1. The Morgan fingerprint density at radius 2 is 1.67 bits per heavy atom. The molecular weight excluding hydrogens is 390 g/mol. The lowest BCUT2D eigenvalue weighted by atomic mass is 10.1. The fourth-order valence-corrected chi connectivity index (χ4v) is 3.64. The molecular formula is C22H20F2N4O2. The molecule has 2 aromatic carbocycles. The van der Waals surface area contributed by atoms with E-state index >= 15 is 0 Å². The molecule has 0 radical (unpaired) electrons. The van der Waals surface area contributed by atoms with E-state index in [0.717, 1.165) is 20.8 Å². The first-order valence-electron chi connectivity index (χ1n) is 9.55. The third kappa shape index (κ3) is 3.04. The number of hydrogen-bond acceptors (Lipinski definition) is 3. The first-order valence-corrected chi connectivity index (χ1v) is 9.55. The van der Waals surface area contributed by atoms with E-state index in [1.165, 1.54) is 12.4 Å². The highest BCUT2D eigenvalue weighted by Crippen LogP contribution is 2.23. The second kappa shape index (κ2) is 7.37. The molecule has 0 aliphatic heterocycles. The Hall–Kier alpha value is -3.55. The lowest BCUT2D eigenvalue weighted by molar-refractivity contribution is 0.529.